The van der Waals surface area contributed by atoms with E-state index < -0.39 is 0 Å². The predicted molar refractivity (Wildman–Crippen MR) is 58.9 cm³/mol. The first kappa shape index (κ1) is 10.6. The molecule has 0 saturated carbocycles. The maximum Gasteiger partial charge on any atom is 0.172 e. The second-order valence-corrected chi connectivity index (χ2v) is 4.12. The lowest BCUT2D eigenvalue weighted by Crippen LogP contribution is -2.03. The highest BCUT2D eigenvalue weighted by atomic mass is 35.5. The third-order valence-corrected chi connectivity index (χ3v) is 2.55. The van der Waals surface area contributed by atoms with Gasteiger partial charge in [0.05, 0.1) is 5.75 Å². The molecule has 13 heavy (non-hydrogen) atoms. The van der Waals surface area contributed by atoms with Crippen molar-refractivity contribution in [2.75, 3.05) is 12.0 Å². The highest BCUT2D eigenvalue weighted by Gasteiger charge is 2.07. The molecule has 3 heteroatoms. The number of hydrogen-bond acceptors (Lipinski definition) is 2. The molecule has 0 atom stereocenters. The summed E-state index contributed by atoms with van der Waals surface area (Å²) in [6.45, 7) is 1.90. The molecular weight excluding hydrogens is 204 g/mol. The van der Waals surface area contributed by atoms with Crippen molar-refractivity contribution in [3.63, 3.8) is 0 Å². The number of halogens is 1. The monoisotopic (exact) mass is 214 g/mol. The SMILES string of the molecule is CSCC(=O)c1ccc(Cl)cc1C. The van der Waals surface area contributed by atoms with Gasteiger partial charge in [-0.05, 0) is 36.9 Å². The molecule has 0 spiro atoms. The standard InChI is InChI=1S/C10H11ClOS/c1-7-5-8(11)3-4-9(7)10(12)6-13-2/h3-5H,6H2,1-2H3. The van der Waals surface area contributed by atoms with Gasteiger partial charge in [0.1, 0.15) is 0 Å². The molecule has 0 amide bonds. The summed E-state index contributed by atoms with van der Waals surface area (Å²) in [4.78, 5) is 11.5. The summed E-state index contributed by atoms with van der Waals surface area (Å²) in [5.41, 5.74) is 1.73. The Morgan fingerprint density at radius 3 is 2.77 bits per heavy atom. The Balaban J connectivity index is 2.95. The van der Waals surface area contributed by atoms with E-state index in [0.717, 1.165) is 11.1 Å². The molecule has 0 aliphatic rings. The van der Waals surface area contributed by atoms with E-state index in [9.17, 15) is 4.79 Å². The maximum atomic E-state index is 11.5. The zero-order valence-electron chi connectivity index (χ0n) is 7.63. The van der Waals surface area contributed by atoms with Crippen molar-refractivity contribution in [3.05, 3.63) is 34.3 Å². The summed E-state index contributed by atoms with van der Waals surface area (Å²) in [5, 5.41) is 0.679. The predicted octanol–water partition coefficient (Wildman–Crippen LogP) is 3.19. The highest BCUT2D eigenvalue weighted by molar-refractivity contribution is 7.99. The molecular formula is C10H11ClOS. The fourth-order valence-electron chi connectivity index (χ4n) is 1.15. The van der Waals surface area contributed by atoms with Crippen LogP contribution in [0.15, 0.2) is 18.2 Å². The van der Waals surface area contributed by atoms with Crippen molar-refractivity contribution in [3.8, 4) is 0 Å². The number of aryl methyl sites for hydroxylation is 1. The molecule has 0 saturated heterocycles. The summed E-state index contributed by atoms with van der Waals surface area (Å²) in [6.07, 6.45) is 1.92. The number of thioether (sulfide) groups is 1. The Kier molecular flexibility index (Phi) is 3.82. The van der Waals surface area contributed by atoms with Crippen molar-refractivity contribution < 1.29 is 4.79 Å². The summed E-state index contributed by atoms with van der Waals surface area (Å²) < 4.78 is 0. The Labute approximate surface area is 87.5 Å². The van der Waals surface area contributed by atoms with Crippen molar-refractivity contribution in [2.24, 2.45) is 0 Å². The minimum absolute atomic E-state index is 0.168. The first-order valence-corrected chi connectivity index (χ1v) is 5.70. The molecule has 70 valence electrons. The molecule has 0 fully saturated rings. The number of carbonyl (C=O) groups excluding carboxylic acids is 1. The van der Waals surface area contributed by atoms with Crippen LogP contribution < -0.4 is 0 Å². The van der Waals surface area contributed by atoms with Gasteiger partial charge in [0, 0.05) is 10.6 Å². The van der Waals surface area contributed by atoms with Crippen LogP contribution in [0.1, 0.15) is 15.9 Å². The van der Waals surface area contributed by atoms with Crippen LogP contribution in [0.2, 0.25) is 5.02 Å². The fourth-order valence-corrected chi connectivity index (χ4v) is 1.79. The van der Waals surface area contributed by atoms with Crippen LogP contribution in [-0.4, -0.2) is 17.8 Å². The first-order valence-electron chi connectivity index (χ1n) is 3.93. The lowest BCUT2D eigenvalue weighted by atomic mass is 10.1. The Hall–Kier alpha value is -0.470. The molecule has 0 unspecified atom stereocenters. The number of ketones is 1. The van der Waals surface area contributed by atoms with Crippen LogP contribution in [-0.2, 0) is 0 Å². The molecule has 0 radical (unpaired) electrons. The zero-order chi connectivity index (χ0) is 9.84. The van der Waals surface area contributed by atoms with Gasteiger partial charge in [0.15, 0.2) is 5.78 Å². The molecule has 1 nitrogen and oxygen atoms in total. The second kappa shape index (κ2) is 4.68. The van der Waals surface area contributed by atoms with Gasteiger partial charge in [-0.2, -0.15) is 11.8 Å². The topological polar surface area (TPSA) is 17.1 Å². The van der Waals surface area contributed by atoms with Gasteiger partial charge in [-0.3, -0.25) is 4.79 Å². The van der Waals surface area contributed by atoms with Gasteiger partial charge < -0.3 is 0 Å². The molecule has 0 aliphatic heterocycles. The van der Waals surface area contributed by atoms with Crippen LogP contribution in [0.25, 0.3) is 0 Å². The summed E-state index contributed by atoms with van der Waals surface area (Å²) in [6, 6.07) is 5.35. The average Bonchev–Trinajstić information content (AvgIpc) is 2.04. The first-order chi connectivity index (χ1) is 6.15. The Morgan fingerprint density at radius 1 is 1.54 bits per heavy atom. The van der Waals surface area contributed by atoms with E-state index in [1.54, 1.807) is 12.1 Å². The van der Waals surface area contributed by atoms with E-state index in [1.165, 1.54) is 11.8 Å². The third kappa shape index (κ3) is 2.75. The average molecular weight is 215 g/mol. The van der Waals surface area contributed by atoms with E-state index in [-0.39, 0.29) is 5.78 Å². The van der Waals surface area contributed by atoms with Gasteiger partial charge in [0.25, 0.3) is 0 Å². The molecule has 1 aromatic carbocycles. The van der Waals surface area contributed by atoms with Gasteiger partial charge in [-0.15, -0.1) is 0 Å². The minimum Gasteiger partial charge on any atom is -0.293 e. The molecule has 0 heterocycles. The van der Waals surface area contributed by atoms with Crippen LogP contribution in [0.4, 0.5) is 0 Å². The molecule has 0 aliphatic carbocycles. The number of rotatable bonds is 3. The molecule has 0 bridgehead atoms. The normalized spacial score (nSPS) is 10.1. The largest absolute Gasteiger partial charge is 0.293 e. The summed E-state index contributed by atoms with van der Waals surface area (Å²) >= 11 is 7.32. The van der Waals surface area contributed by atoms with Crippen molar-refractivity contribution in [2.45, 2.75) is 6.92 Å². The van der Waals surface area contributed by atoms with Gasteiger partial charge in [-0.1, -0.05) is 11.6 Å². The summed E-state index contributed by atoms with van der Waals surface area (Å²) in [5.74, 6) is 0.698. The lowest BCUT2D eigenvalue weighted by molar-refractivity contribution is 0.102. The minimum atomic E-state index is 0.168. The van der Waals surface area contributed by atoms with E-state index in [1.807, 2.05) is 19.2 Å². The van der Waals surface area contributed by atoms with Gasteiger partial charge in [0.2, 0.25) is 0 Å². The van der Waals surface area contributed by atoms with E-state index in [2.05, 4.69) is 0 Å². The maximum absolute atomic E-state index is 11.5. The van der Waals surface area contributed by atoms with Crippen LogP contribution in [0.5, 0.6) is 0 Å². The fraction of sp³-hybridized carbons (Fsp3) is 0.300. The van der Waals surface area contributed by atoms with E-state index >= 15 is 0 Å². The Bertz CT molecular complexity index is 323. The number of Topliss-reactive ketones (excluding diaryl/α,β-unsaturated/α-hetero) is 1. The number of benzene rings is 1. The second-order valence-electron chi connectivity index (χ2n) is 2.82. The van der Waals surface area contributed by atoms with Gasteiger partial charge >= 0.3 is 0 Å². The molecule has 1 rings (SSSR count). The molecule has 1 aromatic rings. The number of carbonyl (C=O) groups is 1. The highest BCUT2D eigenvalue weighted by Crippen LogP contribution is 2.16. The third-order valence-electron chi connectivity index (χ3n) is 1.76. The van der Waals surface area contributed by atoms with Crippen molar-refractivity contribution in [1.82, 2.24) is 0 Å². The molecule has 0 aromatic heterocycles. The van der Waals surface area contributed by atoms with E-state index in [4.69, 9.17) is 11.6 Å². The quantitative estimate of drug-likeness (QED) is 0.719. The van der Waals surface area contributed by atoms with Crippen LogP contribution >= 0.6 is 23.4 Å². The zero-order valence-corrected chi connectivity index (χ0v) is 9.21. The van der Waals surface area contributed by atoms with Crippen molar-refractivity contribution >= 4 is 29.1 Å². The van der Waals surface area contributed by atoms with Crippen molar-refractivity contribution in [1.29, 1.82) is 0 Å². The lowest BCUT2D eigenvalue weighted by Gasteiger charge is -2.03. The van der Waals surface area contributed by atoms with Crippen LogP contribution in [0.3, 0.4) is 0 Å². The molecule has 0 N–H and O–H groups in total. The van der Waals surface area contributed by atoms with Crippen LogP contribution in [0, 0.1) is 6.92 Å². The smallest absolute Gasteiger partial charge is 0.172 e. The number of hydrogen-bond donors (Lipinski definition) is 0. The Morgan fingerprint density at radius 2 is 2.23 bits per heavy atom. The van der Waals surface area contributed by atoms with Gasteiger partial charge in [-0.25, -0.2) is 0 Å². The van der Waals surface area contributed by atoms with E-state index in [0.29, 0.717) is 10.8 Å². The summed E-state index contributed by atoms with van der Waals surface area (Å²) in [7, 11) is 0.